The van der Waals surface area contributed by atoms with Crippen LogP contribution < -0.4 is 5.32 Å². The number of carbonyl (C=O) groups is 1. The van der Waals surface area contributed by atoms with Gasteiger partial charge >= 0.3 is 0 Å². The molecule has 0 unspecified atom stereocenters. The van der Waals surface area contributed by atoms with Gasteiger partial charge in [0.05, 0.1) is 4.92 Å². The van der Waals surface area contributed by atoms with Gasteiger partial charge in [-0.2, -0.15) is 0 Å². The predicted molar refractivity (Wildman–Crippen MR) is 69.8 cm³/mol. The summed E-state index contributed by atoms with van der Waals surface area (Å²) in [6.45, 7) is 3.94. The number of nitrogens with one attached hydrogen (secondary N) is 1. The minimum absolute atomic E-state index is 0.121. The Bertz CT molecular complexity index is 483. The maximum atomic E-state index is 11.7. The van der Waals surface area contributed by atoms with Crippen molar-refractivity contribution in [3.05, 3.63) is 46.5 Å². The van der Waals surface area contributed by atoms with Gasteiger partial charge in [-0.25, -0.2) is 0 Å². The van der Waals surface area contributed by atoms with Crippen LogP contribution in [0.3, 0.4) is 0 Å². The zero-order valence-electron chi connectivity index (χ0n) is 10.3. The highest BCUT2D eigenvalue weighted by Crippen LogP contribution is 2.25. The van der Waals surface area contributed by atoms with E-state index in [1.165, 1.54) is 17.0 Å². The van der Waals surface area contributed by atoms with Gasteiger partial charge in [-0.1, -0.05) is 6.08 Å². The molecule has 1 rings (SSSR count). The molecule has 0 radical (unpaired) electrons. The largest absolute Gasteiger partial charge is 0.376 e. The van der Waals surface area contributed by atoms with E-state index in [0.29, 0.717) is 12.2 Å². The van der Waals surface area contributed by atoms with Crippen LogP contribution in [0.4, 0.5) is 11.4 Å². The van der Waals surface area contributed by atoms with Crippen molar-refractivity contribution >= 4 is 17.3 Å². The molecule has 1 aromatic carbocycles. The molecule has 0 spiro atoms. The summed E-state index contributed by atoms with van der Waals surface area (Å²) in [6.07, 6.45) is 1.60. The second-order valence-corrected chi connectivity index (χ2v) is 3.86. The van der Waals surface area contributed by atoms with Gasteiger partial charge in [0, 0.05) is 32.3 Å². The van der Waals surface area contributed by atoms with Gasteiger partial charge in [-0.05, 0) is 12.1 Å². The van der Waals surface area contributed by atoms with Crippen LogP contribution in [0.1, 0.15) is 10.4 Å². The lowest BCUT2D eigenvalue weighted by Crippen LogP contribution is -2.21. The van der Waals surface area contributed by atoms with Crippen molar-refractivity contribution in [3.63, 3.8) is 0 Å². The van der Waals surface area contributed by atoms with E-state index in [9.17, 15) is 14.9 Å². The number of hydrogen-bond donors (Lipinski definition) is 1. The fourth-order valence-electron chi connectivity index (χ4n) is 1.41. The summed E-state index contributed by atoms with van der Waals surface area (Å²) in [7, 11) is 3.19. The van der Waals surface area contributed by atoms with E-state index in [1.54, 1.807) is 26.2 Å². The van der Waals surface area contributed by atoms with E-state index < -0.39 is 4.92 Å². The minimum Gasteiger partial charge on any atom is -0.376 e. The molecular weight excluding hydrogens is 234 g/mol. The SMILES string of the molecule is C=CCNc1ccc(C(=O)N(C)C)cc1[N+](=O)[O-]. The maximum absolute atomic E-state index is 11.7. The van der Waals surface area contributed by atoms with Gasteiger partial charge in [-0.3, -0.25) is 14.9 Å². The lowest BCUT2D eigenvalue weighted by molar-refractivity contribution is -0.384. The lowest BCUT2D eigenvalue weighted by atomic mass is 10.1. The highest BCUT2D eigenvalue weighted by atomic mass is 16.6. The zero-order valence-corrected chi connectivity index (χ0v) is 10.3. The van der Waals surface area contributed by atoms with Gasteiger partial charge in [0.25, 0.3) is 11.6 Å². The average molecular weight is 249 g/mol. The van der Waals surface area contributed by atoms with Crippen LogP contribution in [0.5, 0.6) is 0 Å². The molecule has 0 saturated heterocycles. The summed E-state index contributed by atoms with van der Waals surface area (Å²) in [6, 6.07) is 4.35. The van der Waals surface area contributed by atoms with E-state index in [0.717, 1.165) is 0 Å². The molecule has 18 heavy (non-hydrogen) atoms. The van der Waals surface area contributed by atoms with E-state index in [2.05, 4.69) is 11.9 Å². The van der Waals surface area contributed by atoms with E-state index in [4.69, 9.17) is 0 Å². The summed E-state index contributed by atoms with van der Waals surface area (Å²) < 4.78 is 0. The lowest BCUT2D eigenvalue weighted by Gasteiger charge is -2.11. The number of carbonyl (C=O) groups excluding carboxylic acids is 1. The molecule has 6 nitrogen and oxygen atoms in total. The van der Waals surface area contributed by atoms with E-state index in [1.807, 2.05) is 0 Å². The summed E-state index contributed by atoms with van der Waals surface area (Å²) in [4.78, 5) is 23.5. The highest BCUT2D eigenvalue weighted by molar-refractivity contribution is 5.95. The Morgan fingerprint density at radius 1 is 1.56 bits per heavy atom. The normalized spacial score (nSPS) is 9.67. The smallest absolute Gasteiger partial charge is 0.293 e. The van der Waals surface area contributed by atoms with Crippen molar-refractivity contribution in [2.75, 3.05) is 26.0 Å². The van der Waals surface area contributed by atoms with Gasteiger partial charge in [0.2, 0.25) is 0 Å². The number of hydrogen-bond acceptors (Lipinski definition) is 4. The predicted octanol–water partition coefficient (Wildman–Crippen LogP) is 1.89. The fraction of sp³-hybridized carbons (Fsp3) is 0.250. The molecule has 0 atom stereocenters. The molecule has 1 N–H and O–H groups in total. The van der Waals surface area contributed by atoms with Crippen molar-refractivity contribution < 1.29 is 9.72 Å². The Kier molecular flexibility index (Phi) is 4.42. The number of nitro benzene ring substituents is 1. The number of nitro groups is 1. The first-order valence-electron chi connectivity index (χ1n) is 5.32. The topological polar surface area (TPSA) is 75.5 Å². The van der Waals surface area contributed by atoms with Crippen molar-refractivity contribution in [2.24, 2.45) is 0 Å². The Hall–Kier alpha value is -2.37. The van der Waals surface area contributed by atoms with Gasteiger partial charge in [0.1, 0.15) is 5.69 Å². The maximum Gasteiger partial charge on any atom is 0.293 e. The van der Waals surface area contributed by atoms with Crippen LogP contribution in [-0.4, -0.2) is 36.4 Å². The van der Waals surface area contributed by atoms with Crippen LogP contribution in [-0.2, 0) is 0 Å². The first-order chi connectivity index (χ1) is 8.47. The first-order valence-corrected chi connectivity index (χ1v) is 5.32. The fourth-order valence-corrected chi connectivity index (χ4v) is 1.41. The first kappa shape index (κ1) is 13.7. The number of rotatable bonds is 5. The van der Waals surface area contributed by atoms with Crippen LogP contribution in [0.15, 0.2) is 30.9 Å². The van der Waals surface area contributed by atoms with Crippen molar-refractivity contribution in [1.82, 2.24) is 4.90 Å². The van der Waals surface area contributed by atoms with Crippen LogP contribution in [0, 0.1) is 10.1 Å². The monoisotopic (exact) mass is 249 g/mol. The van der Waals surface area contributed by atoms with Gasteiger partial charge in [0.15, 0.2) is 0 Å². The molecule has 1 amide bonds. The van der Waals surface area contributed by atoms with Gasteiger partial charge in [-0.15, -0.1) is 6.58 Å². The van der Waals surface area contributed by atoms with E-state index in [-0.39, 0.29) is 17.2 Å². The van der Waals surface area contributed by atoms with Crippen molar-refractivity contribution in [2.45, 2.75) is 0 Å². The van der Waals surface area contributed by atoms with Crippen LogP contribution >= 0.6 is 0 Å². The zero-order chi connectivity index (χ0) is 13.7. The third-order valence-corrected chi connectivity index (χ3v) is 2.28. The Labute approximate surface area is 105 Å². The van der Waals surface area contributed by atoms with E-state index >= 15 is 0 Å². The average Bonchev–Trinajstić information content (AvgIpc) is 2.34. The molecule has 0 aliphatic carbocycles. The standard InChI is InChI=1S/C12H15N3O3/c1-4-7-13-10-6-5-9(12(16)14(2)3)8-11(10)15(17)18/h4-6,8,13H,1,7H2,2-3H3. The molecule has 0 saturated carbocycles. The Morgan fingerprint density at radius 3 is 2.72 bits per heavy atom. The van der Waals surface area contributed by atoms with Crippen molar-refractivity contribution in [1.29, 1.82) is 0 Å². The molecule has 0 bridgehead atoms. The highest BCUT2D eigenvalue weighted by Gasteiger charge is 2.17. The quantitative estimate of drug-likeness (QED) is 0.491. The Morgan fingerprint density at radius 2 is 2.22 bits per heavy atom. The number of anilines is 1. The molecular formula is C12H15N3O3. The van der Waals surface area contributed by atoms with Gasteiger partial charge < -0.3 is 10.2 Å². The third-order valence-electron chi connectivity index (χ3n) is 2.28. The number of benzene rings is 1. The third kappa shape index (κ3) is 3.07. The Balaban J connectivity index is 3.14. The minimum atomic E-state index is -0.516. The molecule has 96 valence electrons. The number of nitrogens with zero attached hydrogens (tertiary/aromatic N) is 2. The molecule has 0 aliphatic heterocycles. The second kappa shape index (κ2) is 5.81. The molecule has 6 heteroatoms. The second-order valence-electron chi connectivity index (χ2n) is 3.86. The molecule has 0 fully saturated rings. The molecule has 1 aromatic rings. The summed E-state index contributed by atoms with van der Waals surface area (Å²) >= 11 is 0. The summed E-state index contributed by atoms with van der Waals surface area (Å²) in [5.41, 5.74) is 0.538. The molecule has 0 aliphatic rings. The summed E-state index contributed by atoms with van der Waals surface area (Å²) in [5.74, 6) is -0.270. The van der Waals surface area contributed by atoms with Crippen LogP contribution in [0.25, 0.3) is 0 Å². The molecule has 0 aromatic heterocycles. The van der Waals surface area contributed by atoms with Crippen molar-refractivity contribution in [3.8, 4) is 0 Å². The van der Waals surface area contributed by atoms with Crippen LogP contribution in [0.2, 0.25) is 0 Å². The number of amides is 1. The summed E-state index contributed by atoms with van der Waals surface area (Å²) in [5, 5.41) is 13.8. The molecule has 0 heterocycles.